The summed E-state index contributed by atoms with van der Waals surface area (Å²) in [5.74, 6) is 1.66. The van der Waals surface area contributed by atoms with E-state index in [4.69, 9.17) is 0 Å². The summed E-state index contributed by atoms with van der Waals surface area (Å²) in [6.45, 7) is 10.8. The van der Waals surface area contributed by atoms with E-state index < -0.39 is 0 Å². The van der Waals surface area contributed by atoms with Gasteiger partial charge in [-0.15, -0.1) is 10.2 Å². The Morgan fingerprint density at radius 3 is 2.57 bits per heavy atom. The predicted molar refractivity (Wildman–Crippen MR) is 120 cm³/mol. The molecule has 5 nitrogen and oxygen atoms in total. The first-order valence-corrected chi connectivity index (χ1v) is 11.3. The van der Waals surface area contributed by atoms with Crippen molar-refractivity contribution in [3.8, 4) is 0 Å². The number of carbonyl (C=O) groups excluding carboxylic acids is 1. The van der Waals surface area contributed by atoms with Gasteiger partial charge in [0.05, 0.1) is 6.61 Å². The molecule has 1 aromatic heterocycles. The van der Waals surface area contributed by atoms with E-state index in [1.807, 2.05) is 19.1 Å². The van der Waals surface area contributed by atoms with Gasteiger partial charge >= 0.3 is 0 Å². The van der Waals surface area contributed by atoms with Crippen LogP contribution < -0.4 is 0 Å². The van der Waals surface area contributed by atoms with E-state index in [-0.39, 0.29) is 18.3 Å². The van der Waals surface area contributed by atoms with Crippen molar-refractivity contribution in [3.05, 3.63) is 46.5 Å². The summed E-state index contributed by atoms with van der Waals surface area (Å²) in [7, 11) is 0. The van der Waals surface area contributed by atoms with Crippen molar-refractivity contribution in [1.82, 2.24) is 14.8 Å². The lowest BCUT2D eigenvalue weighted by Crippen LogP contribution is -2.18. The second-order valence-electron chi connectivity index (χ2n) is 10.2. The van der Waals surface area contributed by atoms with E-state index in [2.05, 4.69) is 48.5 Å². The van der Waals surface area contributed by atoms with Crippen LogP contribution in [-0.4, -0.2) is 32.3 Å². The molecule has 1 N–H and O–H groups in total. The van der Waals surface area contributed by atoms with E-state index in [0.29, 0.717) is 24.3 Å². The molecule has 0 aliphatic heterocycles. The smallest absolute Gasteiger partial charge is 0.139 e. The lowest BCUT2D eigenvalue weighted by atomic mass is 9.90. The molecule has 1 aliphatic carbocycles. The van der Waals surface area contributed by atoms with Gasteiger partial charge in [0.15, 0.2) is 0 Å². The van der Waals surface area contributed by atoms with Crippen molar-refractivity contribution >= 4 is 5.78 Å². The van der Waals surface area contributed by atoms with Gasteiger partial charge in [0.25, 0.3) is 0 Å². The molecule has 3 rings (SSSR count). The minimum absolute atomic E-state index is 0.0779. The first-order chi connectivity index (χ1) is 14.2. The highest BCUT2D eigenvalue weighted by atomic mass is 16.3. The number of ketones is 1. The molecule has 0 amide bonds. The van der Waals surface area contributed by atoms with Crippen LogP contribution >= 0.6 is 0 Å². The van der Waals surface area contributed by atoms with Crippen molar-refractivity contribution in [2.24, 2.45) is 5.41 Å². The van der Waals surface area contributed by atoms with Gasteiger partial charge in [-0.05, 0) is 56.1 Å². The molecule has 1 unspecified atom stereocenters. The first-order valence-electron chi connectivity index (χ1n) is 11.3. The third kappa shape index (κ3) is 6.00. The topological polar surface area (TPSA) is 68.0 Å². The molecule has 1 aliphatic rings. The zero-order valence-electron chi connectivity index (χ0n) is 19.2. The van der Waals surface area contributed by atoms with Crippen LogP contribution in [0, 0.1) is 19.3 Å². The molecule has 0 spiro atoms. The summed E-state index contributed by atoms with van der Waals surface area (Å²) in [4.78, 5) is 12.8. The Labute approximate surface area is 180 Å². The van der Waals surface area contributed by atoms with E-state index in [9.17, 15) is 9.90 Å². The van der Waals surface area contributed by atoms with Crippen LogP contribution in [0.4, 0.5) is 0 Å². The minimum atomic E-state index is -0.285. The maximum Gasteiger partial charge on any atom is 0.139 e. The molecule has 2 aromatic rings. The van der Waals surface area contributed by atoms with Crippen molar-refractivity contribution in [1.29, 1.82) is 0 Å². The average molecular weight is 412 g/mol. The number of rotatable bonds is 10. The van der Waals surface area contributed by atoms with Gasteiger partial charge in [0.1, 0.15) is 17.4 Å². The second kappa shape index (κ2) is 9.42. The van der Waals surface area contributed by atoms with Gasteiger partial charge in [0.2, 0.25) is 0 Å². The number of benzene rings is 1. The molecular weight excluding hydrogens is 374 g/mol. The molecule has 1 heterocycles. The zero-order chi connectivity index (χ0) is 21.9. The molecular formula is C25H37N3O2. The highest BCUT2D eigenvalue weighted by molar-refractivity contribution is 5.82. The summed E-state index contributed by atoms with van der Waals surface area (Å²) < 4.78 is 2.23. The van der Waals surface area contributed by atoms with E-state index >= 15 is 0 Å². The van der Waals surface area contributed by atoms with E-state index in [0.717, 1.165) is 54.9 Å². The largest absolute Gasteiger partial charge is 0.396 e. The van der Waals surface area contributed by atoms with Crippen LogP contribution in [0.25, 0.3) is 0 Å². The second-order valence-corrected chi connectivity index (χ2v) is 10.2. The molecule has 1 atom stereocenters. The fourth-order valence-corrected chi connectivity index (χ4v) is 4.13. The molecule has 0 radical (unpaired) electrons. The Morgan fingerprint density at radius 1 is 1.23 bits per heavy atom. The Hall–Kier alpha value is -2.01. The van der Waals surface area contributed by atoms with Crippen molar-refractivity contribution in [2.75, 3.05) is 6.61 Å². The number of aryl methyl sites for hydroxylation is 3. The maximum atomic E-state index is 12.8. The number of Topliss-reactive ketones (excluding diaryl/α,β-unsaturated/α-hetero) is 1. The quantitative estimate of drug-likeness (QED) is 0.605. The fourth-order valence-electron chi connectivity index (χ4n) is 4.13. The molecule has 1 aromatic carbocycles. The van der Waals surface area contributed by atoms with Crippen LogP contribution in [-0.2, 0) is 17.6 Å². The molecule has 164 valence electrons. The summed E-state index contributed by atoms with van der Waals surface area (Å²) in [5.41, 5.74) is 3.72. The number of nitrogens with zero attached hydrogens (tertiary/aromatic N) is 3. The van der Waals surface area contributed by atoms with Crippen LogP contribution in [0.3, 0.4) is 0 Å². The van der Waals surface area contributed by atoms with E-state index in [1.165, 1.54) is 5.56 Å². The highest BCUT2D eigenvalue weighted by Gasteiger charge is 2.32. The molecule has 5 heteroatoms. The van der Waals surface area contributed by atoms with Gasteiger partial charge in [-0.1, -0.05) is 44.5 Å². The Morgan fingerprint density at radius 2 is 1.97 bits per heavy atom. The van der Waals surface area contributed by atoms with Crippen LogP contribution in [0.5, 0.6) is 0 Å². The van der Waals surface area contributed by atoms with E-state index in [1.54, 1.807) is 0 Å². The highest BCUT2D eigenvalue weighted by Crippen LogP contribution is 2.39. The fraction of sp³-hybridized carbons (Fsp3) is 0.640. The molecule has 0 bridgehead atoms. The van der Waals surface area contributed by atoms with Crippen molar-refractivity contribution in [2.45, 2.75) is 91.5 Å². The Balaban J connectivity index is 1.70. The number of aliphatic hydroxyl groups excluding tert-OH is 1. The minimum Gasteiger partial charge on any atom is -0.396 e. The summed E-state index contributed by atoms with van der Waals surface area (Å²) in [6.07, 6.45) is 6.07. The number of hydrogen-bond acceptors (Lipinski definition) is 4. The van der Waals surface area contributed by atoms with Gasteiger partial charge in [0, 0.05) is 31.2 Å². The third-order valence-corrected chi connectivity index (χ3v) is 5.98. The summed E-state index contributed by atoms with van der Waals surface area (Å²) in [5, 5.41) is 19.0. The number of aliphatic hydroxyl groups is 1. The standard InChI is InChI=1S/C25H37N3O2/c1-17-8-9-19(18(2)13-17)14-22(30)15-20(16-29)24-27-26-23(28(24)21-10-11-21)7-6-12-25(3,4)5/h8-9,13,20-21,29H,6-7,10-12,14-16H2,1-5H3. The maximum absolute atomic E-state index is 12.8. The summed E-state index contributed by atoms with van der Waals surface area (Å²) >= 11 is 0. The van der Waals surface area contributed by atoms with Crippen LogP contribution in [0.2, 0.25) is 0 Å². The average Bonchev–Trinajstić information content (AvgIpc) is 3.41. The lowest BCUT2D eigenvalue weighted by molar-refractivity contribution is -0.119. The van der Waals surface area contributed by atoms with Gasteiger partial charge in [-0.2, -0.15) is 0 Å². The Kier molecular flexibility index (Phi) is 7.12. The number of aromatic nitrogens is 3. The Bertz CT molecular complexity index is 875. The van der Waals surface area contributed by atoms with Gasteiger partial charge < -0.3 is 9.67 Å². The van der Waals surface area contributed by atoms with Crippen molar-refractivity contribution < 1.29 is 9.90 Å². The lowest BCUT2D eigenvalue weighted by Gasteiger charge is -2.18. The molecule has 0 saturated heterocycles. The van der Waals surface area contributed by atoms with Gasteiger partial charge in [-0.25, -0.2) is 0 Å². The molecule has 30 heavy (non-hydrogen) atoms. The number of carbonyl (C=O) groups is 1. The third-order valence-electron chi connectivity index (χ3n) is 5.98. The summed E-state index contributed by atoms with van der Waals surface area (Å²) in [6, 6.07) is 6.63. The van der Waals surface area contributed by atoms with Crippen LogP contribution in [0.15, 0.2) is 18.2 Å². The number of hydrogen-bond donors (Lipinski definition) is 1. The van der Waals surface area contributed by atoms with Crippen LogP contribution in [0.1, 0.15) is 93.2 Å². The van der Waals surface area contributed by atoms with Crippen molar-refractivity contribution in [3.63, 3.8) is 0 Å². The predicted octanol–water partition coefficient (Wildman–Crippen LogP) is 4.88. The zero-order valence-corrected chi connectivity index (χ0v) is 19.2. The molecule has 1 saturated carbocycles. The van der Waals surface area contributed by atoms with Gasteiger partial charge in [-0.3, -0.25) is 4.79 Å². The normalized spacial score (nSPS) is 15.4. The first kappa shape index (κ1) is 22.7. The SMILES string of the molecule is Cc1ccc(CC(=O)CC(CO)c2nnc(CCCC(C)(C)C)n2C2CC2)c(C)c1. The molecule has 1 fully saturated rings. The monoisotopic (exact) mass is 411 g/mol.